The van der Waals surface area contributed by atoms with Crippen LogP contribution in [0.4, 0.5) is 0 Å². The van der Waals surface area contributed by atoms with Crippen LogP contribution in [0.1, 0.15) is 19.4 Å². The third-order valence-corrected chi connectivity index (χ3v) is 7.22. The number of alkyl halides is 3. The first kappa shape index (κ1) is 30.1. The van der Waals surface area contributed by atoms with Gasteiger partial charge in [0.1, 0.15) is 5.44 Å². The van der Waals surface area contributed by atoms with E-state index >= 15 is 0 Å². The van der Waals surface area contributed by atoms with E-state index in [-0.39, 0.29) is 29.4 Å². The number of benzene rings is 2. The number of amides is 1. The Kier molecular flexibility index (Phi) is 13.5. The third-order valence-electron chi connectivity index (χ3n) is 5.53. The minimum Gasteiger partial charge on any atom is -0.374 e. The van der Waals surface area contributed by atoms with Crippen LogP contribution in [0.3, 0.4) is 0 Å². The quantitative estimate of drug-likeness (QED) is 0.178. The van der Waals surface area contributed by atoms with Crippen LogP contribution >= 0.6 is 68.2 Å². The van der Waals surface area contributed by atoms with Crippen LogP contribution < -0.4 is 5.32 Å². The molecule has 1 aliphatic heterocycles. The average molecular weight is 580 g/mol. The zero-order valence-corrected chi connectivity index (χ0v) is 24.1. The van der Waals surface area contributed by atoms with Gasteiger partial charge in [0.25, 0.3) is 9.70 Å². The van der Waals surface area contributed by atoms with E-state index in [0.29, 0.717) is 13.2 Å². The molecule has 4 nitrogen and oxygen atoms in total. The number of halogens is 3. The van der Waals surface area contributed by atoms with Gasteiger partial charge in [-0.25, -0.2) is 12.5 Å². The van der Waals surface area contributed by atoms with Crippen molar-refractivity contribution >= 4 is 80.3 Å². The van der Waals surface area contributed by atoms with Gasteiger partial charge in [-0.1, -0.05) is 109 Å². The summed E-state index contributed by atoms with van der Waals surface area (Å²) in [6, 6.07) is 19.6. The van der Waals surface area contributed by atoms with Crippen molar-refractivity contribution in [3.63, 3.8) is 0 Å². The zero-order valence-electron chi connectivity index (χ0n) is 18.9. The second-order valence-electron chi connectivity index (χ2n) is 7.84. The zero-order chi connectivity index (χ0) is 25.1. The number of hydrogen-bond acceptors (Lipinski definition) is 5. The van der Waals surface area contributed by atoms with E-state index in [0.717, 1.165) is 10.5 Å². The number of hydrogen-bond donors (Lipinski definition) is 2. The number of thioether (sulfide) groups is 1. The van der Waals surface area contributed by atoms with Gasteiger partial charge in [-0.2, -0.15) is 9.12 Å². The highest BCUT2D eigenvalue weighted by Gasteiger charge is 2.44. The lowest BCUT2D eigenvalue weighted by Gasteiger charge is -2.45. The van der Waals surface area contributed by atoms with Crippen molar-refractivity contribution in [2.24, 2.45) is 11.8 Å². The SMILES string of the molecule is C[C@@H]1C(NC(=O)C(Cl)(Cl)Cl)[C@H](Sc2ccccc2)OC(COCc2ccccc2)[C@@H]1C.P[B]S. The summed E-state index contributed by atoms with van der Waals surface area (Å²) in [6.07, 6.45) is 1.49. The molecule has 1 fully saturated rings. The normalized spacial score (nSPS) is 24.5. The minimum atomic E-state index is -2.03. The van der Waals surface area contributed by atoms with Gasteiger partial charge in [-0.3, -0.25) is 4.79 Å². The van der Waals surface area contributed by atoms with Crippen LogP contribution in [0.2, 0.25) is 0 Å². The maximum atomic E-state index is 12.4. The second-order valence-corrected chi connectivity index (χ2v) is 12.5. The van der Waals surface area contributed by atoms with Gasteiger partial charge in [-0.15, -0.1) is 0 Å². The molecule has 1 amide bonds. The topological polar surface area (TPSA) is 47.6 Å². The monoisotopic (exact) mass is 578 g/mol. The van der Waals surface area contributed by atoms with Crippen molar-refractivity contribution in [1.29, 1.82) is 0 Å². The van der Waals surface area contributed by atoms with Crippen molar-refractivity contribution in [3.8, 4) is 0 Å². The summed E-state index contributed by atoms with van der Waals surface area (Å²) < 4.78 is 10.4. The van der Waals surface area contributed by atoms with Crippen LogP contribution in [0, 0.1) is 11.8 Å². The predicted octanol–water partition coefficient (Wildman–Crippen LogP) is 6.17. The molecular weight excluding hydrogens is 551 g/mol. The molecule has 0 bridgehead atoms. The Labute approximate surface area is 230 Å². The Morgan fingerprint density at radius 3 is 2.24 bits per heavy atom. The predicted molar refractivity (Wildman–Crippen MR) is 152 cm³/mol. The lowest BCUT2D eigenvalue weighted by atomic mass is 9.83. The highest BCUT2D eigenvalue weighted by atomic mass is 35.6. The number of thiol groups is 1. The average Bonchev–Trinajstić information content (AvgIpc) is 2.81. The van der Waals surface area contributed by atoms with E-state index < -0.39 is 9.70 Å². The first-order chi connectivity index (χ1) is 16.2. The van der Waals surface area contributed by atoms with E-state index in [1.54, 1.807) is 18.0 Å². The maximum absolute atomic E-state index is 12.4. The fourth-order valence-corrected chi connectivity index (χ4v) is 4.93. The van der Waals surface area contributed by atoms with Gasteiger partial charge >= 0.3 is 0 Å². The molecule has 11 heteroatoms. The van der Waals surface area contributed by atoms with E-state index in [2.05, 4.69) is 40.8 Å². The Hall–Kier alpha value is -0.105. The standard InChI is InChI=1S/C23H26Cl3NO3S.BH3PS/c1-15-16(2)20(27-22(28)23(24,25)26)21(31-18-11-7-4-8-12-18)30-19(15)14-29-13-17-9-5-3-6-10-17;2-1-3/h3-12,15-16,19-21H,13-14H2,1-2H3,(H,27,28);3H,2H2/t15-,16+,19?,20?,21+;/m1./s1. The highest BCUT2D eigenvalue weighted by molar-refractivity contribution is 8.20. The van der Waals surface area contributed by atoms with Gasteiger partial charge in [-0.05, 0) is 29.5 Å². The molecule has 1 saturated heterocycles. The molecule has 1 aliphatic rings. The summed E-state index contributed by atoms with van der Waals surface area (Å²) in [6.45, 7) is 5.15. The van der Waals surface area contributed by atoms with E-state index in [4.69, 9.17) is 44.3 Å². The van der Waals surface area contributed by atoms with Crippen LogP contribution in [-0.2, 0) is 20.9 Å². The van der Waals surface area contributed by atoms with Crippen molar-refractivity contribution in [1.82, 2.24) is 5.32 Å². The molecule has 34 heavy (non-hydrogen) atoms. The molecule has 0 spiro atoms. The number of rotatable bonds is 7. The van der Waals surface area contributed by atoms with Gasteiger partial charge in [0.2, 0.25) is 6.28 Å². The first-order valence-electron chi connectivity index (χ1n) is 10.7. The van der Waals surface area contributed by atoms with Gasteiger partial charge in [0, 0.05) is 4.90 Å². The minimum absolute atomic E-state index is 0.0802. The molecular formula is C23H29BCl3NO3PS2. The van der Waals surface area contributed by atoms with Crippen LogP contribution in [0.5, 0.6) is 0 Å². The molecule has 2 aromatic rings. The summed E-state index contributed by atoms with van der Waals surface area (Å²) in [7, 11) is 2.32. The number of nitrogens with one attached hydrogen (secondary N) is 1. The summed E-state index contributed by atoms with van der Waals surface area (Å²) in [5.74, 6) is -0.441. The smallest absolute Gasteiger partial charge is 0.272 e. The van der Waals surface area contributed by atoms with Crippen LogP contribution in [-0.4, -0.2) is 40.2 Å². The molecule has 3 rings (SSSR count). The summed E-state index contributed by atoms with van der Waals surface area (Å²) in [5.41, 5.74) is 0.761. The van der Waals surface area contributed by atoms with Gasteiger partial charge in [0.05, 0.1) is 25.4 Å². The number of carbonyl (C=O) groups is 1. The molecule has 6 atom stereocenters. The Morgan fingerprint density at radius 2 is 1.68 bits per heavy atom. The molecule has 3 unspecified atom stereocenters. The molecule has 2 aromatic carbocycles. The largest absolute Gasteiger partial charge is 0.374 e. The molecule has 0 aliphatic carbocycles. The Balaban J connectivity index is 0.00000129. The lowest BCUT2D eigenvalue weighted by Crippen LogP contribution is -2.58. The van der Waals surface area contributed by atoms with Crippen molar-refractivity contribution in [2.75, 3.05) is 6.61 Å². The van der Waals surface area contributed by atoms with Gasteiger partial charge < -0.3 is 14.8 Å². The van der Waals surface area contributed by atoms with E-state index in [1.165, 1.54) is 0 Å². The molecule has 0 aromatic heterocycles. The Morgan fingerprint density at radius 1 is 1.12 bits per heavy atom. The molecule has 1 radical (unpaired) electrons. The maximum Gasteiger partial charge on any atom is 0.272 e. The van der Waals surface area contributed by atoms with Crippen molar-refractivity contribution < 1.29 is 14.3 Å². The fraction of sp³-hybridized carbons (Fsp3) is 0.435. The fourth-order valence-electron chi connectivity index (χ4n) is 3.52. The molecule has 0 saturated carbocycles. The van der Waals surface area contributed by atoms with Gasteiger partial charge in [0.15, 0.2) is 0 Å². The number of ether oxygens (including phenoxy) is 2. The van der Waals surface area contributed by atoms with Crippen molar-refractivity contribution in [2.45, 2.75) is 46.7 Å². The van der Waals surface area contributed by atoms with Crippen LogP contribution in [0.15, 0.2) is 65.6 Å². The summed E-state index contributed by atoms with van der Waals surface area (Å²) >= 11 is 22.6. The molecule has 185 valence electrons. The highest BCUT2D eigenvalue weighted by Crippen LogP contribution is 2.39. The summed E-state index contributed by atoms with van der Waals surface area (Å²) in [4.78, 5) is 13.4. The third kappa shape index (κ3) is 9.74. The number of carbonyl (C=O) groups excluding carboxylic acids is 1. The first-order valence-corrected chi connectivity index (χ1v) is 13.9. The van der Waals surface area contributed by atoms with E-state index in [1.807, 2.05) is 60.7 Å². The molecule has 1 N–H and O–H groups in total. The van der Waals surface area contributed by atoms with Crippen LogP contribution in [0.25, 0.3) is 0 Å². The summed E-state index contributed by atoms with van der Waals surface area (Å²) in [5, 5.41) is 2.89. The lowest BCUT2D eigenvalue weighted by molar-refractivity contribution is -0.133. The molecule has 1 heterocycles. The van der Waals surface area contributed by atoms with Crippen molar-refractivity contribution in [3.05, 3.63) is 66.2 Å². The second kappa shape index (κ2) is 15.2. The Bertz CT molecular complexity index is 868. The van der Waals surface area contributed by atoms with E-state index in [9.17, 15) is 4.79 Å².